The molecule has 0 bridgehead atoms. The van der Waals surface area contributed by atoms with Crippen LogP contribution in [-0.2, 0) is 11.3 Å². The molecule has 0 atom stereocenters. The smallest absolute Gasteiger partial charge is 0.356 e. The molecule has 0 amide bonds. The topological polar surface area (TPSA) is 78.2 Å². The number of carbonyl (C=O) groups excluding carboxylic acids is 1. The first-order chi connectivity index (χ1) is 8.12. The first-order valence-electron chi connectivity index (χ1n) is 5.82. The lowest BCUT2D eigenvalue weighted by Crippen LogP contribution is -2.24. The second-order valence-corrected chi connectivity index (χ2v) is 3.61. The van der Waals surface area contributed by atoms with Crippen molar-refractivity contribution < 1.29 is 9.53 Å². The van der Waals surface area contributed by atoms with Gasteiger partial charge in [0.25, 0.3) is 0 Å². The summed E-state index contributed by atoms with van der Waals surface area (Å²) in [5.41, 5.74) is 0.427. The predicted molar refractivity (Wildman–Crippen MR) is 64.0 cm³/mol. The summed E-state index contributed by atoms with van der Waals surface area (Å²) in [6, 6.07) is 0. The van der Waals surface area contributed by atoms with Gasteiger partial charge < -0.3 is 9.72 Å². The van der Waals surface area contributed by atoms with Crippen LogP contribution in [0.25, 0.3) is 0 Å². The molecule has 1 aromatic rings. The lowest BCUT2D eigenvalue weighted by molar-refractivity contribution is 0.0517. The molecule has 0 saturated carbocycles. The second-order valence-electron chi connectivity index (χ2n) is 3.61. The monoisotopic (exact) mass is 241 g/mol. The van der Waals surface area contributed by atoms with Gasteiger partial charge in [-0.15, -0.1) is 0 Å². The highest BCUT2D eigenvalue weighted by Crippen LogP contribution is 2.06. The molecule has 6 heteroatoms. The fourth-order valence-corrected chi connectivity index (χ4v) is 1.59. The highest BCUT2D eigenvalue weighted by atomic mass is 16.5. The standard InChI is InChI=1S/C11H19N3O3/c1-4-14(5-2)7-8-9(10(15)17-6-3)13-11(16)12-8/h4-7H2,1-3H3,(H2,12,13,16). The number of ether oxygens (including phenoxy) is 1. The molecule has 0 aliphatic rings. The number of esters is 1. The minimum absolute atomic E-state index is 0.226. The van der Waals surface area contributed by atoms with Gasteiger partial charge in [-0.05, 0) is 20.0 Å². The van der Waals surface area contributed by atoms with Crippen molar-refractivity contribution in [1.82, 2.24) is 14.9 Å². The van der Waals surface area contributed by atoms with Crippen LogP contribution in [0.2, 0.25) is 0 Å². The highest BCUT2D eigenvalue weighted by molar-refractivity contribution is 5.88. The van der Waals surface area contributed by atoms with Gasteiger partial charge in [0.15, 0.2) is 0 Å². The molecular weight excluding hydrogens is 222 g/mol. The maximum Gasteiger partial charge on any atom is 0.356 e. The third-order valence-electron chi connectivity index (χ3n) is 2.56. The molecule has 0 aliphatic carbocycles. The summed E-state index contributed by atoms with van der Waals surface area (Å²) in [4.78, 5) is 30.0. The third kappa shape index (κ3) is 3.45. The Labute approximate surface area is 100.0 Å². The van der Waals surface area contributed by atoms with Crippen molar-refractivity contribution >= 4 is 5.97 Å². The van der Waals surface area contributed by atoms with Crippen LogP contribution >= 0.6 is 0 Å². The number of rotatable bonds is 6. The maximum atomic E-state index is 11.6. The third-order valence-corrected chi connectivity index (χ3v) is 2.56. The molecule has 0 fully saturated rings. The van der Waals surface area contributed by atoms with E-state index >= 15 is 0 Å². The van der Waals surface area contributed by atoms with Crippen LogP contribution in [0.4, 0.5) is 0 Å². The van der Waals surface area contributed by atoms with Crippen LogP contribution in [0, 0.1) is 0 Å². The molecule has 1 aromatic heterocycles. The average Bonchev–Trinajstić information content (AvgIpc) is 2.67. The summed E-state index contributed by atoms with van der Waals surface area (Å²) < 4.78 is 4.88. The summed E-state index contributed by atoms with van der Waals surface area (Å²) >= 11 is 0. The Balaban J connectivity index is 2.91. The molecule has 0 saturated heterocycles. The van der Waals surface area contributed by atoms with E-state index in [1.54, 1.807) is 6.92 Å². The van der Waals surface area contributed by atoms with Gasteiger partial charge in [-0.2, -0.15) is 0 Å². The SMILES string of the molecule is CCOC(=O)c1[nH]c(=O)[nH]c1CN(CC)CC. The van der Waals surface area contributed by atoms with Gasteiger partial charge in [-0.3, -0.25) is 9.88 Å². The summed E-state index contributed by atoms with van der Waals surface area (Å²) in [6.45, 7) is 8.30. The number of hydrogen-bond acceptors (Lipinski definition) is 4. The van der Waals surface area contributed by atoms with Crippen molar-refractivity contribution in [3.8, 4) is 0 Å². The molecular formula is C11H19N3O3. The normalized spacial score (nSPS) is 10.8. The van der Waals surface area contributed by atoms with Crippen molar-refractivity contribution in [3.05, 3.63) is 21.9 Å². The van der Waals surface area contributed by atoms with E-state index in [4.69, 9.17) is 4.74 Å². The van der Waals surface area contributed by atoms with Crippen molar-refractivity contribution in [2.75, 3.05) is 19.7 Å². The largest absolute Gasteiger partial charge is 0.461 e. The number of imidazole rings is 1. The summed E-state index contributed by atoms with van der Waals surface area (Å²) in [6.07, 6.45) is 0. The number of aromatic amines is 2. The number of nitrogens with zero attached hydrogens (tertiary/aromatic N) is 1. The molecule has 0 aliphatic heterocycles. The quantitative estimate of drug-likeness (QED) is 0.719. The van der Waals surface area contributed by atoms with Crippen molar-refractivity contribution in [3.63, 3.8) is 0 Å². The van der Waals surface area contributed by atoms with Crippen LogP contribution in [0.5, 0.6) is 0 Å². The van der Waals surface area contributed by atoms with E-state index < -0.39 is 5.97 Å². The Bertz CT molecular complexity index is 418. The molecule has 17 heavy (non-hydrogen) atoms. The van der Waals surface area contributed by atoms with E-state index in [0.29, 0.717) is 12.2 Å². The van der Waals surface area contributed by atoms with E-state index in [0.717, 1.165) is 13.1 Å². The predicted octanol–water partition coefficient (Wildman–Crippen LogP) is 0.721. The Hall–Kier alpha value is -1.56. The van der Waals surface area contributed by atoms with E-state index in [9.17, 15) is 9.59 Å². The molecule has 0 radical (unpaired) electrons. The zero-order valence-corrected chi connectivity index (χ0v) is 10.5. The maximum absolute atomic E-state index is 11.6. The van der Waals surface area contributed by atoms with Gasteiger partial charge in [0.05, 0.1) is 12.3 Å². The number of H-pyrrole nitrogens is 2. The minimum atomic E-state index is -0.493. The molecule has 96 valence electrons. The Morgan fingerprint density at radius 3 is 2.41 bits per heavy atom. The molecule has 0 aromatic carbocycles. The van der Waals surface area contributed by atoms with Crippen molar-refractivity contribution in [2.24, 2.45) is 0 Å². The molecule has 1 heterocycles. The number of aromatic nitrogens is 2. The van der Waals surface area contributed by atoms with E-state index in [-0.39, 0.29) is 18.0 Å². The van der Waals surface area contributed by atoms with Gasteiger partial charge in [-0.25, -0.2) is 9.59 Å². The van der Waals surface area contributed by atoms with Gasteiger partial charge >= 0.3 is 11.7 Å². The molecule has 0 unspecified atom stereocenters. The number of carbonyl (C=O) groups is 1. The lowest BCUT2D eigenvalue weighted by atomic mass is 10.3. The minimum Gasteiger partial charge on any atom is -0.461 e. The summed E-state index contributed by atoms with van der Waals surface area (Å²) in [7, 11) is 0. The van der Waals surface area contributed by atoms with Gasteiger partial charge in [0, 0.05) is 6.54 Å². The van der Waals surface area contributed by atoms with Gasteiger partial charge in [0.1, 0.15) is 5.69 Å². The Kier molecular flexibility index (Phi) is 4.96. The lowest BCUT2D eigenvalue weighted by Gasteiger charge is -2.17. The fourth-order valence-electron chi connectivity index (χ4n) is 1.59. The van der Waals surface area contributed by atoms with Crippen LogP contribution in [0.15, 0.2) is 4.79 Å². The first-order valence-corrected chi connectivity index (χ1v) is 5.82. The van der Waals surface area contributed by atoms with Gasteiger partial charge in [-0.1, -0.05) is 13.8 Å². The zero-order chi connectivity index (χ0) is 12.8. The van der Waals surface area contributed by atoms with Crippen LogP contribution in [0.3, 0.4) is 0 Å². The number of hydrogen-bond donors (Lipinski definition) is 2. The zero-order valence-electron chi connectivity index (χ0n) is 10.5. The summed E-state index contributed by atoms with van der Waals surface area (Å²) in [5, 5.41) is 0. The Morgan fingerprint density at radius 2 is 1.88 bits per heavy atom. The Morgan fingerprint density at radius 1 is 1.24 bits per heavy atom. The van der Waals surface area contributed by atoms with Crippen LogP contribution in [0.1, 0.15) is 37.0 Å². The molecule has 2 N–H and O–H groups in total. The van der Waals surface area contributed by atoms with Crippen molar-refractivity contribution in [2.45, 2.75) is 27.3 Å². The van der Waals surface area contributed by atoms with E-state index in [2.05, 4.69) is 14.9 Å². The molecule has 1 rings (SSSR count). The van der Waals surface area contributed by atoms with Crippen LogP contribution in [-0.4, -0.2) is 40.5 Å². The average molecular weight is 241 g/mol. The van der Waals surface area contributed by atoms with E-state index in [1.807, 2.05) is 13.8 Å². The molecule has 6 nitrogen and oxygen atoms in total. The van der Waals surface area contributed by atoms with Crippen molar-refractivity contribution in [1.29, 1.82) is 0 Å². The van der Waals surface area contributed by atoms with Crippen LogP contribution < -0.4 is 5.69 Å². The number of nitrogens with one attached hydrogen (secondary N) is 2. The highest BCUT2D eigenvalue weighted by Gasteiger charge is 2.17. The van der Waals surface area contributed by atoms with E-state index in [1.165, 1.54) is 0 Å². The first kappa shape index (κ1) is 13.5. The second kappa shape index (κ2) is 6.24. The summed E-state index contributed by atoms with van der Waals surface area (Å²) in [5.74, 6) is -0.493. The fraction of sp³-hybridized carbons (Fsp3) is 0.636. The van der Waals surface area contributed by atoms with Gasteiger partial charge in [0.2, 0.25) is 0 Å². The molecule has 0 spiro atoms.